The van der Waals surface area contributed by atoms with Gasteiger partial charge in [-0.3, -0.25) is 14.5 Å². The van der Waals surface area contributed by atoms with Crippen LogP contribution in [0.15, 0.2) is 34.2 Å². The van der Waals surface area contributed by atoms with E-state index in [1.54, 1.807) is 7.11 Å². The fourth-order valence-electron chi connectivity index (χ4n) is 4.70. The number of fused-ring (bicyclic) bond motifs is 1. The minimum atomic E-state index is -0.0981. The second kappa shape index (κ2) is 10.5. The summed E-state index contributed by atoms with van der Waals surface area (Å²) in [5.74, 6) is 1.32. The number of aromatic nitrogens is 2. The maximum Gasteiger partial charge on any atom is 0.256 e. The van der Waals surface area contributed by atoms with Crippen LogP contribution in [0.5, 0.6) is 5.75 Å². The van der Waals surface area contributed by atoms with E-state index in [0.29, 0.717) is 23.5 Å². The number of para-hydroxylation sites is 1. The maximum atomic E-state index is 12.8. The van der Waals surface area contributed by atoms with Crippen molar-refractivity contribution in [3.05, 3.63) is 51.4 Å². The molecule has 32 heavy (non-hydrogen) atoms. The largest absolute Gasteiger partial charge is 0.496 e. The second-order valence-electron chi connectivity index (χ2n) is 8.50. The molecule has 2 aliphatic rings. The Labute approximate surface area is 193 Å². The normalized spacial score (nSPS) is 18.9. The predicted octanol–water partition coefficient (Wildman–Crippen LogP) is 3.22. The van der Waals surface area contributed by atoms with Crippen LogP contribution in [0.25, 0.3) is 0 Å². The molecule has 0 saturated carbocycles. The first-order valence-electron chi connectivity index (χ1n) is 11.5. The van der Waals surface area contributed by atoms with Crippen LogP contribution in [-0.2, 0) is 24.3 Å². The highest BCUT2D eigenvalue weighted by molar-refractivity contribution is 7.99. The van der Waals surface area contributed by atoms with Gasteiger partial charge in [0.1, 0.15) is 5.75 Å². The van der Waals surface area contributed by atoms with Crippen molar-refractivity contribution in [2.75, 3.05) is 26.0 Å². The smallest absolute Gasteiger partial charge is 0.256 e. The fraction of sp³-hybridized carbons (Fsp3) is 0.542. The topological polar surface area (TPSA) is 78.5 Å². The Morgan fingerprint density at radius 1 is 1.28 bits per heavy atom. The van der Waals surface area contributed by atoms with Gasteiger partial charge in [0.2, 0.25) is 5.91 Å². The summed E-state index contributed by atoms with van der Waals surface area (Å²) >= 11 is 1.34. The average Bonchev–Trinajstić information content (AvgIpc) is 2.83. The van der Waals surface area contributed by atoms with Gasteiger partial charge >= 0.3 is 0 Å². The highest BCUT2D eigenvalue weighted by Gasteiger charge is 2.26. The molecule has 1 aromatic heterocycles. The molecule has 0 unspecified atom stereocenters. The number of hydrogen-bond donors (Lipinski definition) is 1. The Bertz CT molecular complexity index is 1010. The van der Waals surface area contributed by atoms with Crippen molar-refractivity contribution in [3.8, 4) is 5.75 Å². The maximum absolute atomic E-state index is 12.8. The molecule has 2 aromatic rings. The van der Waals surface area contributed by atoms with Crippen molar-refractivity contribution < 1.29 is 9.53 Å². The van der Waals surface area contributed by atoms with Crippen molar-refractivity contribution in [2.45, 2.75) is 63.3 Å². The Kier molecular flexibility index (Phi) is 7.52. The molecule has 4 rings (SSSR count). The molecule has 7 nitrogen and oxygen atoms in total. The summed E-state index contributed by atoms with van der Waals surface area (Å²) in [7, 11) is 1.68. The van der Waals surface area contributed by atoms with Gasteiger partial charge in [0.25, 0.3) is 5.56 Å². The third-order valence-electron chi connectivity index (χ3n) is 6.46. The molecule has 172 valence electrons. The van der Waals surface area contributed by atoms with Crippen molar-refractivity contribution in [3.63, 3.8) is 0 Å². The summed E-state index contributed by atoms with van der Waals surface area (Å²) in [5, 5.41) is 0.547. The summed E-state index contributed by atoms with van der Waals surface area (Å²) in [4.78, 5) is 37.4. The van der Waals surface area contributed by atoms with E-state index in [2.05, 4.69) is 22.9 Å². The Hall–Kier alpha value is -2.32. The van der Waals surface area contributed by atoms with Crippen LogP contribution in [-0.4, -0.2) is 57.7 Å². The molecule has 8 heteroatoms. The fourth-order valence-corrected chi connectivity index (χ4v) is 5.47. The quantitative estimate of drug-likeness (QED) is 0.509. The molecule has 0 bridgehead atoms. The van der Waals surface area contributed by atoms with E-state index >= 15 is 0 Å². The van der Waals surface area contributed by atoms with Gasteiger partial charge in [-0.05, 0) is 31.7 Å². The number of thioether (sulfide) groups is 1. The van der Waals surface area contributed by atoms with Crippen molar-refractivity contribution in [2.24, 2.45) is 0 Å². The first-order valence-corrected chi connectivity index (χ1v) is 12.5. The summed E-state index contributed by atoms with van der Waals surface area (Å²) < 4.78 is 5.46. The number of benzene rings is 1. The van der Waals surface area contributed by atoms with E-state index in [1.807, 2.05) is 23.1 Å². The molecule has 1 N–H and O–H groups in total. The van der Waals surface area contributed by atoms with Crippen molar-refractivity contribution in [1.82, 2.24) is 19.8 Å². The third-order valence-corrected chi connectivity index (χ3v) is 7.32. The first-order chi connectivity index (χ1) is 15.6. The number of carbonyl (C=O) groups is 1. The highest BCUT2D eigenvalue weighted by atomic mass is 32.2. The number of carbonyl (C=O) groups excluding carboxylic acids is 1. The lowest BCUT2D eigenvalue weighted by Crippen LogP contribution is -2.44. The number of nitrogens with one attached hydrogen (secondary N) is 1. The van der Waals surface area contributed by atoms with Crippen LogP contribution in [0.3, 0.4) is 0 Å². The van der Waals surface area contributed by atoms with Gasteiger partial charge in [-0.15, -0.1) is 0 Å². The molecular formula is C24H32N4O3S. The molecule has 1 saturated heterocycles. The van der Waals surface area contributed by atoms with Crippen LogP contribution in [0.2, 0.25) is 0 Å². The van der Waals surface area contributed by atoms with Crippen LogP contribution < -0.4 is 10.3 Å². The summed E-state index contributed by atoms with van der Waals surface area (Å²) in [5.41, 5.74) is 2.59. The summed E-state index contributed by atoms with van der Waals surface area (Å²) in [6.07, 6.45) is 5.08. The standard InChI is InChI=1S/C24H32N4O3S/c1-3-18-9-6-7-12-28(18)22(29)16-32-24-25-20-11-13-27(15-19(20)23(30)26-24)14-17-8-4-5-10-21(17)31-2/h4-5,8,10,18H,3,6-7,9,11-16H2,1-2H3,(H,25,26,30)/t18-/m1/s1. The van der Waals surface area contributed by atoms with E-state index in [0.717, 1.165) is 67.9 Å². The number of methoxy groups -OCH3 is 1. The van der Waals surface area contributed by atoms with Gasteiger partial charge in [-0.25, -0.2) is 4.98 Å². The summed E-state index contributed by atoms with van der Waals surface area (Å²) in [6.45, 7) is 5.10. The first kappa shape index (κ1) is 22.9. The van der Waals surface area contributed by atoms with E-state index < -0.39 is 0 Å². The minimum absolute atomic E-state index is 0.0981. The van der Waals surface area contributed by atoms with Gasteiger partial charge in [0, 0.05) is 44.2 Å². The monoisotopic (exact) mass is 456 g/mol. The van der Waals surface area contributed by atoms with E-state index in [-0.39, 0.29) is 11.5 Å². The zero-order chi connectivity index (χ0) is 22.5. The summed E-state index contributed by atoms with van der Waals surface area (Å²) in [6, 6.07) is 8.32. The number of rotatable bonds is 7. The number of likely N-dealkylation sites (tertiary alicyclic amines) is 1. The Morgan fingerprint density at radius 3 is 2.94 bits per heavy atom. The molecule has 0 aliphatic carbocycles. The van der Waals surface area contributed by atoms with Gasteiger partial charge in [0.05, 0.1) is 24.1 Å². The van der Waals surface area contributed by atoms with E-state index in [9.17, 15) is 9.59 Å². The zero-order valence-electron chi connectivity index (χ0n) is 18.9. The lowest BCUT2D eigenvalue weighted by atomic mass is 10.0. The Morgan fingerprint density at radius 2 is 2.12 bits per heavy atom. The number of amides is 1. The number of nitrogens with zero attached hydrogens (tertiary/aromatic N) is 3. The molecule has 1 aromatic carbocycles. The number of piperidine rings is 1. The third kappa shape index (κ3) is 5.18. The molecule has 0 radical (unpaired) electrons. The molecule has 0 spiro atoms. The number of hydrogen-bond acceptors (Lipinski definition) is 6. The molecule has 1 atom stereocenters. The molecule has 2 aliphatic heterocycles. The van der Waals surface area contributed by atoms with Crippen LogP contribution >= 0.6 is 11.8 Å². The van der Waals surface area contributed by atoms with Gasteiger partial charge in [0.15, 0.2) is 5.16 Å². The lowest BCUT2D eigenvalue weighted by Gasteiger charge is -2.35. The van der Waals surface area contributed by atoms with Crippen LogP contribution in [0, 0.1) is 0 Å². The van der Waals surface area contributed by atoms with Crippen molar-refractivity contribution in [1.29, 1.82) is 0 Å². The number of aromatic amines is 1. The van der Waals surface area contributed by atoms with Crippen LogP contribution in [0.1, 0.15) is 49.4 Å². The predicted molar refractivity (Wildman–Crippen MR) is 126 cm³/mol. The molecule has 1 fully saturated rings. The van der Waals surface area contributed by atoms with Gasteiger partial charge in [-0.2, -0.15) is 0 Å². The van der Waals surface area contributed by atoms with Crippen molar-refractivity contribution >= 4 is 17.7 Å². The molecule has 3 heterocycles. The number of ether oxygens (including phenoxy) is 1. The SMILES string of the molecule is CC[C@@H]1CCCCN1C(=O)CSc1nc2c(c(=O)[nH]1)CN(Cc1ccccc1OC)CC2. The van der Waals surface area contributed by atoms with Crippen LogP contribution in [0.4, 0.5) is 0 Å². The molecule has 1 amide bonds. The zero-order valence-corrected chi connectivity index (χ0v) is 19.7. The average molecular weight is 457 g/mol. The lowest BCUT2D eigenvalue weighted by molar-refractivity contribution is -0.132. The number of H-pyrrole nitrogens is 1. The van der Waals surface area contributed by atoms with E-state index in [1.165, 1.54) is 18.2 Å². The minimum Gasteiger partial charge on any atom is -0.496 e. The van der Waals surface area contributed by atoms with E-state index in [4.69, 9.17) is 9.72 Å². The van der Waals surface area contributed by atoms with Gasteiger partial charge < -0.3 is 14.6 Å². The second-order valence-corrected chi connectivity index (χ2v) is 9.47. The van der Waals surface area contributed by atoms with Gasteiger partial charge in [-0.1, -0.05) is 36.9 Å². The highest BCUT2D eigenvalue weighted by Crippen LogP contribution is 2.25. The Balaban J connectivity index is 1.39. The molecular weight excluding hydrogens is 424 g/mol.